The third kappa shape index (κ3) is 3.10. The van der Waals surface area contributed by atoms with Gasteiger partial charge in [0.1, 0.15) is 15.5 Å². The van der Waals surface area contributed by atoms with Crippen LogP contribution in [0.3, 0.4) is 0 Å². The second-order valence-electron chi connectivity index (χ2n) is 6.79. The normalized spacial score (nSPS) is 16.9. The Kier molecular flexibility index (Phi) is 4.43. The van der Waals surface area contributed by atoms with Crippen LogP contribution in [0.15, 0.2) is 24.3 Å². The first-order valence-corrected chi connectivity index (χ1v) is 9.59. The number of aryl methyl sites for hydroxylation is 2. The van der Waals surface area contributed by atoms with E-state index in [-0.39, 0.29) is 17.8 Å². The van der Waals surface area contributed by atoms with E-state index in [2.05, 4.69) is 15.5 Å². The van der Waals surface area contributed by atoms with E-state index in [0.717, 1.165) is 23.1 Å². The molecule has 0 saturated carbocycles. The van der Waals surface area contributed by atoms with Crippen molar-refractivity contribution in [3.63, 3.8) is 0 Å². The van der Waals surface area contributed by atoms with Gasteiger partial charge < -0.3 is 16.0 Å². The zero-order valence-electron chi connectivity index (χ0n) is 15.1. The Morgan fingerprint density at radius 3 is 2.89 bits per heavy atom. The van der Waals surface area contributed by atoms with Gasteiger partial charge in [-0.25, -0.2) is 4.39 Å². The number of nitrogen functional groups attached to an aromatic ring is 1. The number of fused-ring (bicyclic) bond motifs is 1. The maximum atomic E-state index is 14.0. The molecule has 6 nitrogen and oxygen atoms in total. The molecule has 3 heterocycles. The van der Waals surface area contributed by atoms with Crippen molar-refractivity contribution < 1.29 is 9.18 Å². The zero-order valence-corrected chi connectivity index (χ0v) is 15.9. The lowest BCUT2D eigenvalue weighted by Gasteiger charge is -2.19. The molecule has 27 heavy (non-hydrogen) atoms. The number of amides is 1. The van der Waals surface area contributed by atoms with Gasteiger partial charge >= 0.3 is 0 Å². The van der Waals surface area contributed by atoms with Gasteiger partial charge in [0, 0.05) is 24.5 Å². The van der Waals surface area contributed by atoms with E-state index >= 15 is 0 Å². The molecule has 1 aliphatic heterocycles. The Balaban J connectivity index is 1.52. The van der Waals surface area contributed by atoms with Crippen molar-refractivity contribution in [3.8, 4) is 0 Å². The smallest absolute Gasteiger partial charge is 0.263 e. The Hall–Kier alpha value is -2.74. The van der Waals surface area contributed by atoms with E-state index in [1.54, 1.807) is 12.1 Å². The summed E-state index contributed by atoms with van der Waals surface area (Å²) in [6.45, 7) is 5.06. The van der Waals surface area contributed by atoms with E-state index in [0.29, 0.717) is 34.2 Å². The first-order chi connectivity index (χ1) is 13.0. The van der Waals surface area contributed by atoms with Crippen LogP contribution in [-0.4, -0.2) is 35.2 Å². The fraction of sp³-hybridized carbons (Fsp3) is 0.316. The number of aromatic nitrogens is 2. The van der Waals surface area contributed by atoms with Crippen molar-refractivity contribution in [1.82, 2.24) is 15.5 Å². The summed E-state index contributed by atoms with van der Waals surface area (Å²) < 4.78 is 14.0. The molecule has 0 spiro atoms. The van der Waals surface area contributed by atoms with Crippen molar-refractivity contribution in [3.05, 3.63) is 46.2 Å². The van der Waals surface area contributed by atoms with Crippen LogP contribution in [0.5, 0.6) is 0 Å². The average Bonchev–Trinajstić information content (AvgIpc) is 3.23. The minimum Gasteiger partial charge on any atom is -0.397 e. The van der Waals surface area contributed by atoms with Crippen LogP contribution < -0.4 is 16.0 Å². The molecule has 1 aliphatic rings. The highest BCUT2D eigenvalue weighted by atomic mass is 32.1. The fourth-order valence-electron chi connectivity index (χ4n) is 3.47. The summed E-state index contributed by atoms with van der Waals surface area (Å²) in [5, 5.41) is 12.1. The molecule has 3 N–H and O–H groups in total. The van der Waals surface area contributed by atoms with E-state index in [9.17, 15) is 9.18 Å². The molecular weight excluding hydrogens is 365 g/mol. The highest BCUT2D eigenvalue weighted by Crippen LogP contribution is 2.35. The lowest BCUT2D eigenvalue weighted by molar-refractivity contribution is 0.0945. The largest absolute Gasteiger partial charge is 0.397 e. The maximum absolute atomic E-state index is 14.0. The summed E-state index contributed by atoms with van der Waals surface area (Å²) in [6, 6.07) is 6.63. The van der Waals surface area contributed by atoms with Crippen molar-refractivity contribution in [2.24, 2.45) is 0 Å². The summed E-state index contributed by atoms with van der Waals surface area (Å²) in [6.07, 6.45) is 0.753. The molecule has 8 heteroatoms. The van der Waals surface area contributed by atoms with Crippen LogP contribution in [0.2, 0.25) is 0 Å². The Morgan fingerprint density at radius 2 is 2.11 bits per heavy atom. The van der Waals surface area contributed by atoms with Crippen molar-refractivity contribution in [2.45, 2.75) is 26.3 Å². The number of rotatable bonds is 3. The minimum atomic E-state index is -0.248. The van der Waals surface area contributed by atoms with Crippen LogP contribution >= 0.6 is 11.3 Å². The Labute approximate surface area is 160 Å². The molecular formula is C19H20FN5OS. The molecule has 0 bridgehead atoms. The summed E-state index contributed by atoms with van der Waals surface area (Å²) in [7, 11) is 0. The molecule has 1 atom stereocenters. The van der Waals surface area contributed by atoms with E-state index in [1.165, 1.54) is 17.4 Å². The highest BCUT2D eigenvalue weighted by Gasteiger charge is 2.28. The molecule has 1 amide bonds. The van der Waals surface area contributed by atoms with Crippen LogP contribution in [0.4, 0.5) is 15.8 Å². The number of anilines is 2. The molecule has 1 aromatic carbocycles. The van der Waals surface area contributed by atoms with Gasteiger partial charge in [0.05, 0.1) is 17.1 Å². The number of hydrogen-bond acceptors (Lipinski definition) is 6. The van der Waals surface area contributed by atoms with Crippen molar-refractivity contribution in [1.29, 1.82) is 0 Å². The lowest BCUT2D eigenvalue weighted by Crippen LogP contribution is -2.37. The lowest BCUT2D eigenvalue weighted by atomic mass is 10.1. The van der Waals surface area contributed by atoms with Gasteiger partial charge in [-0.2, -0.15) is 5.10 Å². The van der Waals surface area contributed by atoms with Crippen LogP contribution in [0, 0.1) is 19.7 Å². The van der Waals surface area contributed by atoms with Crippen molar-refractivity contribution in [2.75, 3.05) is 23.7 Å². The summed E-state index contributed by atoms with van der Waals surface area (Å²) >= 11 is 1.25. The number of nitrogens with zero attached hydrogens (tertiary/aromatic N) is 3. The molecule has 2 aromatic heterocycles. The number of nitrogens with two attached hydrogens (primary N) is 1. The summed E-state index contributed by atoms with van der Waals surface area (Å²) in [5.41, 5.74) is 9.01. The SMILES string of the molecule is Cc1nnc2sc(C(=O)NC3CCN(c4ccccc4F)C3)c(N)c2c1C. The number of hydrogen-bond donors (Lipinski definition) is 2. The quantitative estimate of drug-likeness (QED) is 0.724. The molecule has 1 saturated heterocycles. The third-order valence-electron chi connectivity index (χ3n) is 5.06. The van der Waals surface area contributed by atoms with Crippen molar-refractivity contribution >= 4 is 38.8 Å². The molecule has 0 aliphatic carbocycles. The van der Waals surface area contributed by atoms with Crippen LogP contribution in [-0.2, 0) is 0 Å². The number of carbonyl (C=O) groups is 1. The zero-order chi connectivity index (χ0) is 19.1. The number of thiophene rings is 1. The number of nitrogens with one attached hydrogen (secondary N) is 1. The van der Waals surface area contributed by atoms with Gasteiger partial charge in [-0.1, -0.05) is 12.1 Å². The number of carbonyl (C=O) groups excluding carboxylic acids is 1. The molecule has 3 aromatic rings. The van der Waals surface area contributed by atoms with Crippen LogP contribution in [0.1, 0.15) is 27.3 Å². The molecule has 1 fully saturated rings. The van der Waals surface area contributed by atoms with Gasteiger partial charge in [0.15, 0.2) is 0 Å². The monoisotopic (exact) mass is 385 g/mol. The highest BCUT2D eigenvalue weighted by molar-refractivity contribution is 7.21. The summed E-state index contributed by atoms with van der Waals surface area (Å²) in [4.78, 5) is 15.9. The van der Waals surface area contributed by atoms with E-state index < -0.39 is 0 Å². The standard InChI is InChI=1S/C19H20FN5OS/c1-10-11(2)23-24-19-15(10)16(21)17(27-19)18(26)22-12-7-8-25(9-12)14-6-4-3-5-13(14)20/h3-6,12H,7-9,21H2,1-2H3,(H,22,26). The van der Waals surface area contributed by atoms with Gasteiger partial charge in [-0.05, 0) is 38.0 Å². The second-order valence-corrected chi connectivity index (χ2v) is 7.79. The third-order valence-corrected chi connectivity index (χ3v) is 6.15. The van der Waals surface area contributed by atoms with Gasteiger partial charge in [-0.3, -0.25) is 4.79 Å². The molecule has 0 radical (unpaired) electrons. The first-order valence-electron chi connectivity index (χ1n) is 8.78. The topological polar surface area (TPSA) is 84.1 Å². The maximum Gasteiger partial charge on any atom is 0.263 e. The van der Waals surface area contributed by atoms with E-state index in [4.69, 9.17) is 5.73 Å². The predicted octanol–water partition coefficient (Wildman–Crippen LogP) is 3.04. The fourth-order valence-corrected chi connectivity index (χ4v) is 4.47. The predicted molar refractivity (Wildman–Crippen MR) is 106 cm³/mol. The molecule has 4 rings (SSSR count). The van der Waals surface area contributed by atoms with Gasteiger partial charge in [0.25, 0.3) is 5.91 Å². The van der Waals surface area contributed by atoms with Gasteiger partial charge in [-0.15, -0.1) is 16.4 Å². The average molecular weight is 385 g/mol. The molecule has 1 unspecified atom stereocenters. The minimum absolute atomic E-state index is 0.0596. The first kappa shape index (κ1) is 17.7. The number of para-hydroxylation sites is 1. The van der Waals surface area contributed by atoms with Crippen LogP contribution in [0.25, 0.3) is 10.2 Å². The Bertz CT molecular complexity index is 1030. The Morgan fingerprint density at radius 1 is 1.33 bits per heavy atom. The van der Waals surface area contributed by atoms with Gasteiger partial charge in [0.2, 0.25) is 0 Å². The number of benzene rings is 1. The molecule has 140 valence electrons. The second kappa shape index (κ2) is 6.77. The summed E-state index contributed by atoms with van der Waals surface area (Å²) in [5.74, 6) is -0.462. The number of halogens is 1. The van der Waals surface area contributed by atoms with E-state index in [1.807, 2.05) is 24.8 Å².